The number of H-pyrrole nitrogens is 1. The summed E-state index contributed by atoms with van der Waals surface area (Å²) >= 11 is 1.93. The van der Waals surface area contributed by atoms with E-state index in [2.05, 4.69) is 28.1 Å². The molecule has 1 aliphatic rings. The highest BCUT2D eigenvalue weighted by Crippen LogP contribution is 2.26. The average Bonchev–Trinajstić information content (AvgIpc) is 3.35. The molecule has 0 spiro atoms. The first kappa shape index (κ1) is 27.6. The van der Waals surface area contributed by atoms with Gasteiger partial charge < -0.3 is 14.6 Å². The number of likely N-dealkylation sites (tertiary alicyclic amines) is 1. The molecule has 1 aliphatic heterocycles. The first-order valence-electron chi connectivity index (χ1n) is 13.4. The Morgan fingerprint density at radius 2 is 2.02 bits per heavy atom. The van der Waals surface area contributed by atoms with Crippen molar-refractivity contribution in [2.45, 2.75) is 51.1 Å². The molecule has 11 heteroatoms. The Morgan fingerprint density at radius 1 is 1.27 bits per heavy atom. The smallest absolute Gasteiger partial charge is 0.275 e. The second kappa shape index (κ2) is 12.1. The van der Waals surface area contributed by atoms with Gasteiger partial charge in [0.1, 0.15) is 37.0 Å². The van der Waals surface area contributed by atoms with Crippen LogP contribution in [-0.2, 0) is 17.8 Å². The van der Waals surface area contributed by atoms with Crippen LogP contribution in [0.4, 0.5) is 4.39 Å². The van der Waals surface area contributed by atoms with Gasteiger partial charge in [0, 0.05) is 29.8 Å². The van der Waals surface area contributed by atoms with Gasteiger partial charge in [-0.05, 0) is 37.7 Å². The van der Waals surface area contributed by atoms with Crippen molar-refractivity contribution in [1.82, 2.24) is 24.6 Å². The highest BCUT2D eigenvalue weighted by atomic mass is 32.2. The van der Waals surface area contributed by atoms with Crippen molar-refractivity contribution in [3.63, 3.8) is 0 Å². The van der Waals surface area contributed by atoms with Crippen molar-refractivity contribution in [3.05, 3.63) is 63.8 Å². The Morgan fingerprint density at radius 3 is 2.73 bits per heavy atom. The normalized spacial score (nSPS) is 14.9. The number of aromatic nitrogens is 4. The van der Waals surface area contributed by atoms with E-state index in [1.54, 1.807) is 24.3 Å². The number of carbonyl (C=O) groups is 1. The molecule has 208 valence electrons. The lowest BCUT2D eigenvalue weighted by Crippen LogP contribution is -2.42. The fourth-order valence-corrected chi connectivity index (χ4v) is 6.04. The molecule has 1 N–H and O–H groups in total. The topological polar surface area (TPSA) is 117 Å². The molecule has 2 aromatic carbocycles. The number of imidazole rings is 1. The number of thioether (sulfide) groups is 1. The van der Waals surface area contributed by atoms with E-state index < -0.39 is 6.17 Å². The molecule has 9 nitrogen and oxygen atoms in total. The van der Waals surface area contributed by atoms with Crippen molar-refractivity contribution in [2.24, 2.45) is 0 Å². The SMILES string of the molecule is CCSC1CCN(C(=O)Cn2nc(Cc3nc4cc(OCC(C)F)c(C#N)cc4[nH]3)c3ccccc3c2=O)CC1. The number of rotatable bonds is 9. The minimum Gasteiger partial charge on any atom is -0.489 e. The van der Waals surface area contributed by atoms with Crippen LogP contribution in [0.15, 0.2) is 41.2 Å². The van der Waals surface area contributed by atoms with E-state index in [1.807, 2.05) is 28.8 Å². The van der Waals surface area contributed by atoms with E-state index >= 15 is 0 Å². The molecule has 0 bridgehead atoms. The molecule has 1 amide bonds. The Bertz CT molecular complexity index is 1630. The van der Waals surface area contributed by atoms with E-state index in [0.29, 0.717) is 51.7 Å². The molecule has 5 rings (SSSR count). The molecular weight excluding hydrogens is 531 g/mol. The number of nitriles is 1. The number of fused-ring (bicyclic) bond motifs is 2. The summed E-state index contributed by atoms with van der Waals surface area (Å²) in [6.07, 6.45) is 0.998. The van der Waals surface area contributed by atoms with E-state index in [1.165, 1.54) is 11.6 Å². The number of nitrogens with one attached hydrogen (secondary N) is 1. The van der Waals surface area contributed by atoms with Gasteiger partial charge in [-0.2, -0.15) is 22.1 Å². The fourth-order valence-electron chi connectivity index (χ4n) is 5.02. The number of piperidine rings is 1. The van der Waals surface area contributed by atoms with Crippen LogP contribution in [0.3, 0.4) is 0 Å². The second-order valence-corrected chi connectivity index (χ2v) is 11.5. The minimum atomic E-state index is -1.18. The van der Waals surface area contributed by atoms with Crippen LogP contribution in [-0.4, -0.2) is 67.4 Å². The number of nitrogens with zero attached hydrogens (tertiary/aromatic N) is 5. The molecular formula is C29H31FN6O3S. The molecule has 4 aromatic rings. The number of hydrogen-bond acceptors (Lipinski definition) is 7. The zero-order valence-electron chi connectivity index (χ0n) is 22.5. The zero-order chi connectivity index (χ0) is 28.2. The Hall–Kier alpha value is -3.91. The Kier molecular flexibility index (Phi) is 8.35. The zero-order valence-corrected chi connectivity index (χ0v) is 23.3. The minimum absolute atomic E-state index is 0.112. The van der Waals surface area contributed by atoms with Gasteiger partial charge >= 0.3 is 0 Å². The third-order valence-electron chi connectivity index (χ3n) is 6.98. The first-order valence-corrected chi connectivity index (χ1v) is 14.5. The summed E-state index contributed by atoms with van der Waals surface area (Å²) in [5.41, 5.74) is 1.76. The number of aromatic amines is 1. The van der Waals surface area contributed by atoms with Crippen LogP contribution >= 0.6 is 11.8 Å². The predicted molar refractivity (Wildman–Crippen MR) is 153 cm³/mol. The van der Waals surface area contributed by atoms with Crippen molar-refractivity contribution in [3.8, 4) is 11.8 Å². The molecule has 1 fully saturated rings. The number of alkyl halides is 1. The molecule has 2 aromatic heterocycles. The quantitative estimate of drug-likeness (QED) is 0.325. The summed E-state index contributed by atoms with van der Waals surface area (Å²) in [6, 6.07) is 12.5. The number of carbonyl (C=O) groups excluding carboxylic acids is 1. The van der Waals surface area contributed by atoms with Crippen LogP contribution in [0.1, 0.15) is 43.8 Å². The lowest BCUT2D eigenvalue weighted by atomic mass is 10.1. The van der Waals surface area contributed by atoms with Gasteiger partial charge in [0.15, 0.2) is 0 Å². The van der Waals surface area contributed by atoms with Crippen LogP contribution < -0.4 is 10.3 Å². The monoisotopic (exact) mass is 562 g/mol. The van der Waals surface area contributed by atoms with E-state index in [0.717, 1.165) is 18.6 Å². The highest BCUT2D eigenvalue weighted by Gasteiger charge is 2.24. The van der Waals surface area contributed by atoms with Crippen molar-refractivity contribution >= 4 is 39.5 Å². The van der Waals surface area contributed by atoms with Gasteiger partial charge in [0.2, 0.25) is 5.91 Å². The highest BCUT2D eigenvalue weighted by molar-refractivity contribution is 7.99. The number of ether oxygens (including phenoxy) is 1. The molecule has 3 heterocycles. The second-order valence-electron chi connectivity index (χ2n) is 9.92. The van der Waals surface area contributed by atoms with Crippen molar-refractivity contribution in [2.75, 3.05) is 25.4 Å². The molecule has 1 saturated heterocycles. The molecule has 1 atom stereocenters. The van der Waals surface area contributed by atoms with Gasteiger partial charge in [0.25, 0.3) is 5.56 Å². The molecule has 1 unspecified atom stereocenters. The van der Waals surface area contributed by atoms with Gasteiger partial charge in [-0.15, -0.1) is 0 Å². The van der Waals surface area contributed by atoms with Crippen LogP contribution in [0.2, 0.25) is 0 Å². The maximum atomic E-state index is 13.3. The molecule has 40 heavy (non-hydrogen) atoms. The number of amides is 1. The Labute approximate surface area is 235 Å². The Balaban J connectivity index is 1.42. The molecule has 0 aliphatic carbocycles. The van der Waals surface area contributed by atoms with Crippen molar-refractivity contribution < 1.29 is 13.9 Å². The predicted octanol–water partition coefficient (Wildman–Crippen LogP) is 4.22. The van der Waals surface area contributed by atoms with Gasteiger partial charge in [-0.3, -0.25) is 9.59 Å². The van der Waals surface area contributed by atoms with Crippen LogP contribution in [0.5, 0.6) is 5.75 Å². The van der Waals surface area contributed by atoms with Crippen LogP contribution in [0.25, 0.3) is 21.8 Å². The summed E-state index contributed by atoms with van der Waals surface area (Å²) in [5, 5.41) is 15.9. The maximum Gasteiger partial charge on any atom is 0.275 e. The average molecular weight is 563 g/mol. The van der Waals surface area contributed by atoms with Gasteiger partial charge in [0.05, 0.1) is 34.1 Å². The summed E-state index contributed by atoms with van der Waals surface area (Å²) in [4.78, 5) is 36.1. The number of halogens is 1. The maximum absolute atomic E-state index is 13.3. The number of hydrogen-bond donors (Lipinski definition) is 1. The summed E-state index contributed by atoms with van der Waals surface area (Å²) in [6.45, 7) is 4.62. The summed E-state index contributed by atoms with van der Waals surface area (Å²) < 4.78 is 20.1. The van der Waals surface area contributed by atoms with Crippen LogP contribution in [0, 0.1) is 11.3 Å². The molecule has 0 saturated carbocycles. The van der Waals surface area contributed by atoms with E-state index in [9.17, 15) is 19.2 Å². The lowest BCUT2D eigenvalue weighted by molar-refractivity contribution is -0.132. The van der Waals surface area contributed by atoms with E-state index in [4.69, 9.17) is 4.74 Å². The van der Waals surface area contributed by atoms with Crippen molar-refractivity contribution in [1.29, 1.82) is 5.26 Å². The van der Waals surface area contributed by atoms with Gasteiger partial charge in [-0.1, -0.05) is 25.1 Å². The number of benzene rings is 2. The summed E-state index contributed by atoms with van der Waals surface area (Å²) in [7, 11) is 0. The standard InChI is InChI=1S/C29H31FN6O3S/c1-3-40-20-8-10-35(11-9-20)28(37)16-36-29(38)22-7-5-4-6-21(22)23(34-36)14-27-32-24-12-19(15-31)26(13-25(24)33-27)39-17-18(2)30/h4-7,12-13,18,20H,3,8-11,14,16-17H2,1-2H3,(H,32,33). The third kappa shape index (κ3) is 5.97. The largest absolute Gasteiger partial charge is 0.489 e. The summed E-state index contributed by atoms with van der Waals surface area (Å²) in [5.74, 6) is 1.79. The van der Waals surface area contributed by atoms with Gasteiger partial charge in [-0.25, -0.2) is 14.1 Å². The lowest BCUT2D eigenvalue weighted by Gasteiger charge is -2.31. The molecule has 0 radical (unpaired) electrons. The third-order valence-corrected chi connectivity index (χ3v) is 8.26. The van der Waals surface area contributed by atoms with E-state index in [-0.39, 0.29) is 42.4 Å². The first-order chi connectivity index (χ1) is 19.4. The fraction of sp³-hybridized carbons (Fsp3) is 0.414.